The van der Waals surface area contributed by atoms with Crippen LogP contribution in [0.25, 0.3) is 0 Å². The van der Waals surface area contributed by atoms with Gasteiger partial charge in [-0.05, 0) is 51.8 Å². The number of allylic oxidation sites excluding steroid dienone is 1. The molecule has 0 saturated heterocycles. The number of nitrogens with one attached hydrogen (secondary N) is 2. The van der Waals surface area contributed by atoms with Crippen molar-refractivity contribution in [2.75, 3.05) is 13.2 Å². The molecule has 154 valence electrons. The monoisotopic (exact) mass is 410 g/mol. The summed E-state index contributed by atoms with van der Waals surface area (Å²) < 4.78 is 16.7. The Hall–Kier alpha value is -2.41. The van der Waals surface area contributed by atoms with Crippen molar-refractivity contribution in [1.82, 2.24) is 10.6 Å². The van der Waals surface area contributed by atoms with Crippen LogP contribution in [0, 0.1) is 0 Å². The molecule has 0 fully saturated rings. The number of esters is 1. The van der Waals surface area contributed by atoms with Gasteiger partial charge in [-0.1, -0.05) is 18.5 Å². The van der Waals surface area contributed by atoms with Crippen molar-refractivity contribution >= 4 is 23.6 Å². The van der Waals surface area contributed by atoms with Gasteiger partial charge in [-0.2, -0.15) is 0 Å². The summed E-state index contributed by atoms with van der Waals surface area (Å²) in [6, 6.07) is 2.28. The third-order valence-corrected chi connectivity index (χ3v) is 4.30. The number of carbonyl (C=O) groups is 2. The number of benzene rings is 1. The van der Waals surface area contributed by atoms with E-state index in [2.05, 4.69) is 10.6 Å². The summed E-state index contributed by atoms with van der Waals surface area (Å²) in [5.41, 5.74) is 1.47. The molecule has 8 heteroatoms. The van der Waals surface area contributed by atoms with Crippen molar-refractivity contribution < 1.29 is 23.8 Å². The molecule has 0 saturated carbocycles. The maximum atomic E-state index is 12.8. The van der Waals surface area contributed by atoms with Gasteiger partial charge in [0, 0.05) is 5.70 Å². The second-order valence-corrected chi connectivity index (χ2v) is 6.83. The van der Waals surface area contributed by atoms with Crippen molar-refractivity contribution in [2.45, 2.75) is 53.2 Å². The van der Waals surface area contributed by atoms with E-state index in [1.165, 1.54) is 0 Å². The van der Waals surface area contributed by atoms with Crippen molar-refractivity contribution in [2.24, 2.45) is 0 Å². The van der Waals surface area contributed by atoms with E-state index in [1.54, 1.807) is 26.0 Å². The minimum absolute atomic E-state index is 0.292. The number of carbonyl (C=O) groups excluding carboxylic acids is 2. The highest BCUT2D eigenvalue weighted by Gasteiger charge is 2.34. The molecule has 1 aromatic carbocycles. The van der Waals surface area contributed by atoms with Crippen LogP contribution in [0.4, 0.5) is 4.79 Å². The molecule has 7 nitrogen and oxygen atoms in total. The van der Waals surface area contributed by atoms with E-state index < -0.39 is 18.0 Å². The Morgan fingerprint density at radius 3 is 2.43 bits per heavy atom. The summed E-state index contributed by atoms with van der Waals surface area (Å²) in [4.78, 5) is 24.9. The molecule has 0 spiro atoms. The molecule has 2 N–H and O–H groups in total. The first-order valence-corrected chi connectivity index (χ1v) is 9.80. The second-order valence-electron chi connectivity index (χ2n) is 6.43. The molecule has 1 aliphatic rings. The van der Waals surface area contributed by atoms with E-state index >= 15 is 0 Å². The number of urea groups is 1. The van der Waals surface area contributed by atoms with Gasteiger partial charge < -0.3 is 24.8 Å². The number of hydrogen-bond donors (Lipinski definition) is 2. The minimum Gasteiger partial charge on any atom is -0.490 e. The highest BCUT2D eigenvalue weighted by atomic mass is 35.5. The number of amides is 2. The summed E-state index contributed by atoms with van der Waals surface area (Å²) in [6.45, 7) is 9.94. The minimum atomic E-state index is -0.720. The zero-order valence-corrected chi connectivity index (χ0v) is 17.6. The van der Waals surface area contributed by atoms with Crippen LogP contribution in [0.1, 0.15) is 52.6 Å². The van der Waals surface area contributed by atoms with E-state index in [0.29, 0.717) is 53.0 Å². The molecular weight excluding hydrogens is 384 g/mol. The molecule has 1 heterocycles. The molecule has 2 rings (SSSR count). The smallest absolute Gasteiger partial charge is 0.338 e. The van der Waals surface area contributed by atoms with Gasteiger partial charge >= 0.3 is 12.0 Å². The molecule has 28 heavy (non-hydrogen) atoms. The average molecular weight is 411 g/mol. The fourth-order valence-electron chi connectivity index (χ4n) is 2.97. The van der Waals surface area contributed by atoms with Gasteiger partial charge in [0.1, 0.15) is 0 Å². The Labute approximate surface area is 170 Å². The SMILES string of the molecule is CCOc1cc(C2NC(=O)NC(CC)=C2C(=O)OC(C)C)cc(Cl)c1OCC. The Morgan fingerprint density at radius 2 is 1.86 bits per heavy atom. The predicted octanol–water partition coefficient (Wildman–Crippen LogP) is 4.11. The third kappa shape index (κ3) is 4.90. The molecule has 1 aliphatic heterocycles. The van der Waals surface area contributed by atoms with Crippen LogP contribution < -0.4 is 20.1 Å². The van der Waals surface area contributed by atoms with Gasteiger partial charge in [0.2, 0.25) is 0 Å². The van der Waals surface area contributed by atoms with Gasteiger partial charge in [0.25, 0.3) is 0 Å². The Morgan fingerprint density at radius 1 is 1.18 bits per heavy atom. The maximum Gasteiger partial charge on any atom is 0.338 e. The topological polar surface area (TPSA) is 85.9 Å². The van der Waals surface area contributed by atoms with Crippen LogP contribution in [0.5, 0.6) is 11.5 Å². The summed E-state index contributed by atoms with van der Waals surface area (Å²) in [7, 11) is 0. The van der Waals surface area contributed by atoms with E-state index in [-0.39, 0.29) is 6.10 Å². The van der Waals surface area contributed by atoms with Crippen LogP contribution >= 0.6 is 11.6 Å². The standard InChI is InChI=1S/C20H27ClN2O5/c1-6-14-16(19(24)28-11(4)5)17(23-20(25)22-14)12-9-13(21)18(27-8-3)15(10-12)26-7-2/h9-11,17H,6-8H2,1-5H3,(H2,22,23,25). The van der Waals surface area contributed by atoms with E-state index in [9.17, 15) is 9.59 Å². The molecular formula is C20H27ClN2O5. The maximum absolute atomic E-state index is 12.8. The fourth-order valence-corrected chi connectivity index (χ4v) is 3.24. The Kier molecular flexibility index (Phi) is 7.57. The number of hydrogen-bond acceptors (Lipinski definition) is 5. The van der Waals surface area contributed by atoms with Gasteiger partial charge in [-0.15, -0.1) is 0 Å². The van der Waals surface area contributed by atoms with Crippen LogP contribution in [0.3, 0.4) is 0 Å². The molecule has 0 aliphatic carbocycles. The molecule has 1 unspecified atom stereocenters. The van der Waals surface area contributed by atoms with E-state index in [0.717, 1.165) is 0 Å². The number of rotatable bonds is 8. The van der Waals surface area contributed by atoms with Gasteiger partial charge in [0.15, 0.2) is 11.5 Å². The molecule has 2 amide bonds. The highest BCUT2D eigenvalue weighted by molar-refractivity contribution is 6.32. The summed E-state index contributed by atoms with van der Waals surface area (Å²) in [6.07, 6.45) is 0.175. The lowest BCUT2D eigenvalue weighted by Gasteiger charge is -2.30. The largest absolute Gasteiger partial charge is 0.490 e. The van der Waals surface area contributed by atoms with Crippen molar-refractivity contribution in [3.63, 3.8) is 0 Å². The van der Waals surface area contributed by atoms with Crippen LogP contribution in [0.15, 0.2) is 23.4 Å². The van der Waals surface area contributed by atoms with Crippen molar-refractivity contribution in [3.8, 4) is 11.5 Å². The molecule has 1 aromatic rings. The Balaban J connectivity index is 2.58. The third-order valence-electron chi connectivity index (χ3n) is 4.02. The molecule has 1 atom stereocenters. The number of halogens is 1. The van der Waals surface area contributed by atoms with Gasteiger partial charge in [-0.25, -0.2) is 9.59 Å². The van der Waals surface area contributed by atoms with E-state index in [4.69, 9.17) is 25.8 Å². The summed E-state index contributed by atoms with van der Waals surface area (Å²) in [5.74, 6) is 0.391. The summed E-state index contributed by atoms with van der Waals surface area (Å²) in [5, 5.41) is 5.82. The van der Waals surface area contributed by atoms with Crippen LogP contribution in [0.2, 0.25) is 5.02 Å². The first-order valence-electron chi connectivity index (χ1n) is 9.42. The van der Waals surface area contributed by atoms with Gasteiger partial charge in [-0.3, -0.25) is 0 Å². The lowest BCUT2D eigenvalue weighted by molar-refractivity contribution is -0.143. The van der Waals surface area contributed by atoms with E-state index in [1.807, 2.05) is 20.8 Å². The van der Waals surface area contributed by atoms with Crippen LogP contribution in [-0.4, -0.2) is 31.3 Å². The average Bonchev–Trinajstić information content (AvgIpc) is 2.63. The van der Waals surface area contributed by atoms with Crippen LogP contribution in [-0.2, 0) is 9.53 Å². The zero-order valence-electron chi connectivity index (χ0n) is 16.8. The number of ether oxygens (including phenoxy) is 3. The molecule has 0 aromatic heterocycles. The lowest BCUT2D eigenvalue weighted by atomic mass is 9.94. The quantitative estimate of drug-likeness (QED) is 0.630. The zero-order chi connectivity index (χ0) is 20.8. The first kappa shape index (κ1) is 21.9. The van der Waals surface area contributed by atoms with Crippen molar-refractivity contribution in [1.29, 1.82) is 0 Å². The fraction of sp³-hybridized carbons (Fsp3) is 0.500. The Bertz CT molecular complexity index is 776. The molecule has 0 radical (unpaired) electrons. The van der Waals surface area contributed by atoms with Crippen molar-refractivity contribution in [3.05, 3.63) is 34.0 Å². The highest BCUT2D eigenvalue weighted by Crippen LogP contribution is 2.40. The summed E-state index contributed by atoms with van der Waals surface area (Å²) >= 11 is 6.42. The second kappa shape index (κ2) is 9.68. The predicted molar refractivity (Wildman–Crippen MR) is 107 cm³/mol. The normalized spacial score (nSPS) is 16.5. The van der Waals surface area contributed by atoms with Gasteiger partial charge in [0.05, 0.1) is 36.0 Å². The lowest BCUT2D eigenvalue weighted by Crippen LogP contribution is -2.46. The first-order chi connectivity index (χ1) is 13.3. The molecule has 0 bridgehead atoms.